The van der Waals surface area contributed by atoms with Gasteiger partial charge in [-0.15, -0.1) is 0 Å². The largest absolute Gasteiger partial charge is 0.400 e. The van der Waals surface area contributed by atoms with Crippen LogP contribution in [0.25, 0.3) is 0 Å². The van der Waals surface area contributed by atoms with Gasteiger partial charge in [0.05, 0.1) is 0 Å². The van der Waals surface area contributed by atoms with Crippen LogP contribution in [0.2, 0.25) is 0 Å². The molecule has 2 nitrogen and oxygen atoms in total. The number of nitrogens with zero attached hydrogens (tertiary/aromatic N) is 1. The van der Waals surface area contributed by atoms with E-state index >= 15 is 0 Å². The van der Waals surface area contributed by atoms with Gasteiger partial charge in [0.1, 0.15) is 0 Å². The number of rotatable bonds is 2. The zero-order valence-corrected chi connectivity index (χ0v) is 9.40. The van der Waals surface area contributed by atoms with E-state index in [-0.39, 0.29) is 5.41 Å². The molecule has 1 aromatic carbocycles. The predicted octanol–water partition coefficient (Wildman–Crippen LogP) is 2.33. The molecule has 2 N–H and O–H groups in total. The second kappa shape index (κ2) is 3.61. The molecule has 0 saturated carbocycles. The lowest BCUT2D eigenvalue weighted by molar-refractivity contribution is 0.304. The van der Waals surface area contributed by atoms with Gasteiger partial charge in [0.25, 0.3) is 0 Å². The Morgan fingerprint density at radius 3 is 2.47 bits per heavy atom. The molecular formula is C13H18N2. The third-order valence-electron chi connectivity index (χ3n) is 2.93. The van der Waals surface area contributed by atoms with Crippen LogP contribution in [0.3, 0.4) is 0 Å². The highest BCUT2D eigenvalue weighted by Gasteiger charge is 2.29. The topological polar surface area (TPSA) is 29.3 Å². The minimum atomic E-state index is 0.120. The zero-order chi connectivity index (χ0) is 10.9. The van der Waals surface area contributed by atoms with Crippen LogP contribution in [-0.4, -0.2) is 11.4 Å². The van der Waals surface area contributed by atoms with Crippen LogP contribution in [0, 0.1) is 5.41 Å². The lowest BCUT2D eigenvalue weighted by Gasteiger charge is -2.22. The van der Waals surface area contributed by atoms with Gasteiger partial charge in [-0.05, 0) is 5.56 Å². The molecule has 1 aliphatic heterocycles. The van der Waals surface area contributed by atoms with Crippen LogP contribution in [0.15, 0.2) is 42.2 Å². The zero-order valence-electron chi connectivity index (χ0n) is 9.40. The van der Waals surface area contributed by atoms with Crippen LogP contribution in [0.4, 0.5) is 0 Å². The van der Waals surface area contributed by atoms with E-state index in [0.29, 0.717) is 0 Å². The van der Waals surface area contributed by atoms with Crippen LogP contribution < -0.4 is 5.73 Å². The number of hydrogen-bond donors (Lipinski definition) is 1. The highest BCUT2D eigenvalue weighted by Crippen LogP contribution is 2.30. The summed E-state index contributed by atoms with van der Waals surface area (Å²) in [6.07, 6.45) is 2.08. The van der Waals surface area contributed by atoms with Gasteiger partial charge in [-0.3, -0.25) is 0 Å². The Bertz CT molecular complexity index is 365. The minimum Gasteiger partial charge on any atom is -0.400 e. The molecule has 0 aromatic heterocycles. The molecule has 0 unspecified atom stereocenters. The van der Waals surface area contributed by atoms with Gasteiger partial charge in [-0.2, -0.15) is 0 Å². The number of hydrogen-bond acceptors (Lipinski definition) is 2. The van der Waals surface area contributed by atoms with Gasteiger partial charge in [0.2, 0.25) is 0 Å². The van der Waals surface area contributed by atoms with E-state index < -0.39 is 0 Å². The highest BCUT2D eigenvalue weighted by atomic mass is 15.1. The molecule has 0 aliphatic carbocycles. The van der Waals surface area contributed by atoms with Crippen molar-refractivity contribution in [2.75, 3.05) is 6.54 Å². The normalized spacial score (nSPS) is 19.1. The van der Waals surface area contributed by atoms with E-state index in [1.54, 1.807) is 0 Å². The van der Waals surface area contributed by atoms with Crippen molar-refractivity contribution in [3.8, 4) is 0 Å². The quantitative estimate of drug-likeness (QED) is 0.797. The van der Waals surface area contributed by atoms with Crippen molar-refractivity contribution < 1.29 is 0 Å². The average molecular weight is 202 g/mol. The lowest BCUT2D eigenvalue weighted by Crippen LogP contribution is -2.25. The van der Waals surface area contributed by atoms with Crippen molar-refractivity contribution in [3.05, 3.63) is 47.8 Å². The summed E-state index contributed by atoms with van der Waals surface area (Å²) in [5.41, 5.74) is 8.41. The molecule has 1 heterocycles. The second-order valence-corrected chi connectivity index (χ2v) is 4.86. The van der Waals surface area contributed by atoms with E-state index in [1.807, 2.05) is 6.07 Å². The maximum absolute atomic E-state index is 5.98. The van der Waals surface area contributed by atoms with Gasteiger partial charge < -0.3 is 10.6 Å². The number of nitrogens with two attached hydrogens (primary N) is 1. The molecule has 0 amide bonds. The maximum atomic E-state index is 5.98. The Labute approximate surface area is 91.4 Å². The average Bonchev–Trinajstić information content (AvgIpc) is 2.42. The fourth-order valence-corrected chi connectivity index (χ4v) is 1.94. The predicted molar refractivity (Wildman–Crippen MR) is 62.9 cm³/mol. The summed E-state index contributed by atoms with van der Waals surface area (Å²) >= 11 is 0. The summed E-state index contributed by atoms with van der Waals surface area (Å²) in [4.78, 5) is 2.28. The van der Waals surface area contributed by atoms with Crippen molar-refractivity contribution in [3.63, 3.8) is 0 Å². The Morgan fingerprint density at radius 1 is 1.27 bits per heavy atom. The number of benzene rings is 1. The van der Waals surface area contributed by atoms with Crippen molar-refractivity contribution in [1.82, 2.24) is 4.90 Å². The molecule has 15 heavy (non-hydrogen) atoms. The fraction of sp³-hybridized carbons (Fsp3) is 0.385. The van der Waals surface area contributed by atoms with E-state index in [2.05, 4.69) is 49.2 Å². The van der Waals surface area contributed by atoms with Gasteiger partial charge in [0, 0.05) is 30.4 Å². The molecule has 0 bridgehead atoms. The van der Waals surface area contributed by atoms with Crippen molar-refractivity contribution in [2.45, 2.75) is 20.4 Å². The van der Waals surface area contributed by atoms with Gasteiger partial charge in [-0.1, -0.05) is 44.2 Å². The Kier molecular flexibility index (Phi) is 2.43. The molecular weight excluding hydrogens is 184 g/mol. The summed E-state index contributed by atoms with van der Waals surface area (Å²) in [6, 6.07) is 10.5. The fourth-order valence-electron chi connectivity index (χ4n) is 1.94. The van der Waals surface area contributed by atoms with E-state index in [0.717, 1.165) is 18.8 Å². The minimum absolute atomic E-state index is 0.120. The third kappa shape index (κ3) is 2.14. The molecule has 2 rings (SSSR count). The molecule has 0 saturated heterocycles. The highest BCUT2D eigenvalue weighted by molar-refractivity contribution is 5.19. The van der Waals surface area contributed by atoms with Crippen molar-refractivity contribution >= 4 is 0 Å². The molecule has 0 spiro atoms. The lowest BCUT2D eigenvalue weighted by atomic mass is 9.92. The summed E-state index contributed by atoms with van der Waals surface area (Å²) < 4.78 is 0. The standard InChI is InChI=1S/C13H18N2/c1-13(2)10-15(9-12(13)14)8-11-6-4-3-5-7-11/h3-7,9H,8,10,14H2,1-2H3. The monoisotopic (exact) mass is 202 g/mol. The first kappa shape index (κ1) is 10.1. The van der Waals surface area contributed by atoms with E-state index in [1.165, 1.54) is 5.56 Å². The Morgan fingerprint density at radius 2 is 1.93 bits per heavy atom. The van der Waals surface area contributed by atoms with Crippen LogP contribution in [-0.2, 0) is 6.54 Å². The summed E-state index contributed by atoms with van der Waals surface area (Å²) in [5, 5.41) is 0. The smallest absolute Gasteiger partial charge is 0.0424 e. The first-order valence-electron chi connectivity index (χ1n) is 5.34. The first-order valence-corrected chi connectivity index (χ1v) is 5.34. The third-order valence-corrected chi connectivity index (χ3v) is 2.93. The van der Waals surface area contributed by atoms with Crippen molar-refractivity contribution in [1.29, 1.82) is 0 Å². The van der Waals surface area contributed by atoms with Gasteiger partial charge in [0.15, 0.2) is 0 Å². The summed E-state index contributed by atoms with van der Waals surface area (Å²) in [5.74, 6) is 0. The Balaban J connectivity index is 2.05. The maximum Gasteiger partial charge on any atom is 0.0424 e. The Hall–Kier alpha value is -1.44. The van der Waals surface area contributed by atoms with Crippen LogP contribution in [0.5, 0.6) is 0 Å². The SMILES string of the molecule is CC1(C)CN(Cc2ccccc2)C=C1N. The van der Waals surface area contributed by atoms with Crippen LogP contribution >= 0.6 is 0 Å². The van der Waals surface area contributed by atoms with E-state index in [9.17, 15) is 0 Å². The molecule has 80 valence electrons. The molecule has 2 heteroatoms. The summed E-state index contributed by atoms with van der Waals surface area (Å²) in [7, 11) is 0. The molecule has 0 fully saturated rings. The molecule has 0 atom stereocenters. The van der Waals surface area contributed by atoms with Gasteiger partial charge in [-0.25, -0.2) is 0 Å². The molecule has 0 radical (unpaired) electrons. The first-order chi connectivity index (χ1) is 7.08. The molecule has 1 aromatic rings. The van der Waals surface area contributed by atoms with Gasteiger partial charge >= 0.3 is 0 Å². The molecule has 1 aliphatic rings. The second-order valence-electron chi connectivity index (χ2n) is 4.86. The van der Waals surface area contributed by atoms with Crippen molar-refractivity contribution in [2.24, 2.45) is 11.1 Å². The van der Waals surface area contributed by atoms with E-state index in [4.69, 9.17) is 5.73 Å². The van der Waals surface area contributed by atoms with Crippen LogP contribution in [0.1, 0.15) is 19.4 Å². The summed E-state index contributed by atoms with van der Waals surface area (Å²) in [6.45, 7) is 6.33.